The standard InChI is InChI=1S/C35H32Cl4N2O/c36-27-11-9-23(19-29(27)38)34(13-5-14-34)21-25(31-7-1-3-17-40-31)33(42)26(32-8-2-4-18-41-32)22-35(15-6-16-35)24-10-12-28(37)30(39)20-24/h1-4,7-12,17-20,25-26H,5-6,13-16,21-22H2. The summed E-state index contributed by atoms with van der Waals surface area (Å²) in [5.41, 5.74) is 3.53. The lowest BCUT2D eigenvalue weighted by Crippen LogP contribution is -2.41. The van der Waals surface area contributed by atoms with Crippen molar-refractivity contribution in [2.75, 3.05) is 0 Å². The number of nitrogens with zero attached hydrogens (tertiary/aromatic N) is 2. The van der Waals surface area contributed by atoms with E-state index in [1.807, 2.05) is 60.7 Å². The number of rotatable bonds is 10. The molecular formula is C35H32Cl4N2O. The molecule has 0 saturated heterocycles. The average molecular weight is 638 g/mol. The van der Waals surface area contributed by atoms with E-state index in [-0.39, 0.29) is 16.6 Å². The van der Waals surface area contributed by atoms with E-state index in [4.69, 9.17) is 56.4 Å². The minimum atomic E-state index is -0.404. The predicted molar refractivity (Wildman–Crippen MR) is 172 cm³/mol. The SMILES string of the molecule is O=C(C(CC1(c2ccc(Cl)c(Cl)c2)CCC1)c1ccccn1)C(CC1(c2ccc(Cl)c(Cl)c2)CCC1)c1ccccn1. The molecule has 0 amide bonds. The highest BCUT2D eigenvalue weighted by Gasteiger charge is 2.47. The van der Waals surface area contributed by atoms with Crippen molar-refractivity contribution in [2.45, 2.75) is 74.0 Å². The number of ketones is 1. The summed E-state index contributed by atoms with van der Waals surface area (Å²) in [5, 5.41) is 2.16. The maximum absolute atomic E-state index is 15.0. The van der Waals surface area contributed by atoms with Crippen LogP contribution < -0.4 is 0 Å². The van der Waals surface area contributed by atoms with Crippen molar-refractivity contribution in [3.8, 4) is 0 Å². The smallest absolute Gasteiger partial charge is 0.150 e. The fraction of sp³-hybridized carbons (Fsp3) is 0.343. The highest BCUT2D eigenvalue weighted by molar-refractivity contribution is 6.42. The topological polar surface area (TPSA) is 42.9 Å². The van der Waals surface area contributed by atoms with Crippen molar-refractivity contribution in [3.63, 3.8) is 0 Å². The van der Waals surface area contributed by atoms with Gasteiger partial charge in [0, 0.05) is 12.4 Å². The number of hydrogen-bond acceptors (Lipinski definition) is 3. The zero-order chi connectivity index (χ0) is 29.3. The molecule has 0 bridgehead atoms. The van der Waals surface area contributed by atoms with Crippen molar-refractivity contribution in [1.29, 1.82) is 0 Å². The zero-order valence-electron chi connectivity index (χ0n) is 23.2. The van der Waals surface area contributed by atoms with E-state index in [0.29, 0.717) is 32.9 Å². The molecule has 0 N–H and O–H groups in total. The van der Waals surface area contributed by atoms with Gasteiger partial charge in [0.1, 0.15) is 0 Å². The molecule has 0 radical (unpaired) electrons. The van der Waals surface area contributed by atoms with Gasteiger partial charge in [-0.15, -0.1) is 0 Å². The lowest BCUT2D eigenvalue weighted by atomic mass is 9.57. The number of carbonyl (C=O) groups excluding carboxylic acids is 1. The molecule has 2 heterocycles. The third-order valence-corrected chi connectivity index (χ3v) is 11.1. The molecule has 216 valence electrons. The normalized spacial score (nSPS) is 18.4. The Morgan fingerprint density at radius 1 is 0.619 bits per heavy atom. The van der Waals surface area contributed by atoms with E-state index < -0.39 is 11.8 Å². The summed E-state index contributed by atoms with van der Waals surface area (Å²) in [6, 6.07) is 23.5. The van der Waals surface area contributed by atoms with Crippen molar-refractivity contribution >= 4 is 52.2 Å². The fourth-order valence-electron chi connectivity index (χ4n) is 6.97. The summed E-state index contributed by atoms with van der Waals surface area (Å²) in [6.45, 7) is 0. The minimum Gasteiger partial charge on any atom is -0.298 e. The van der Waals surface area contributed by atoms with Gasteiger partial charge >= 0.3 is 0 Å². The van der Waals surface area contributed by atoms with Gasteiger partial charge in [0.25, 0.3) is 0 Å². The first-order chi connectivity index (χ1) is 20.3. The second-order valence-electron chi connectivity index (χ2n) is 12.0. The predicted octanol–water partition coefficient (Wildman–Crippen LogP) is 10.6. The summed E-state index contributed by atoms with van der Waals surface area (Å²) in [5.74, 6) is -0.650. The molecule has 2 atom stereocenters. The molecule has 2 aromatic heterocycles. The van der Waals surface area contributed by atoms with Crippen LogP contribution in [0.3, 0.4) is 0 Å². The van der Waals surface area contributed by atoms with Crippen molar-refractivity contribution in [1.82, 2.24) is 9.97 Å². The lowest BCUT2D eigenvalue weighted by molar-refractivity contribution is -0.123. The molecule has 42 heavy (non-hydrogen) atoms. The Balaban J connectivity index is 1.40. The van der Waals surface area contributed by atoms with E-state index in [1.54, 1.807) is 12.4 Å². The zero-order valence-corrected chi connectivity index (χ0v) is 26.2. The largest absolute Gasteiger partial charge is 0.298 e. The Morgan fingerprint density at radius 2 is 1.05 bits per heavy atom. The Hall–Kier alpha value is -2.43. The summed E-state index contributed by atoms with van der Waals surface area (Å²) < 4.78 is 0. The van der Waals surface area contributed by atoms with Gasteiger partial charge in [0.05, 0.1) is 43.3 Å². The Morgan fingerprint density at radius 3 is 1.36 bits per heavy atom. The van der Waals surface area contributed by atoms with Crippen LogP contribution in [0.2, 0.25) is 20.1 Å². The Kier molecular flexibility index (Phi) is 8.67. The summed E-state index contributed by atoms with van der Waals surface area (Å²) >= 11 is 25.5. The van der Waals surface area contributed by atoms with Crippen molar-refractivity contribution in [2.24, 2.45) is 0 Å². The van der Waals surface area contributed by atoms with Gasteiger partial charge in [0.15, 0.2) is 5.78 Å². The van der Waals surface area contributed by atoms with Gasteiger partial charge in [-0.25, -0.2) is 0 Å². The third-order valence-electron chi connectivity index (χ3n) is 9.65. The lowest BCUT2D eigenvalue weighted by Gasteiger charge is -2.46. The molecule has 7 heteroatoms. The number of aromatic nitrogens is 2. The molecule has 2 aromatic carbocycles. The second-order valence-corrected chi connectivity index (χ2v) is 13.6. The molecule has 2 aliphatic rings. The molecule has 2 saturated carbocycles. The van der Waals surface area contributed by atoms with Crippen LogP contribution in [-0.4, -0.2) is 15.8 Å². The first-order valence-electron chi connectivity index (χ1n) is 14.6. The average Bonchev–Trinajstić information content (AvgIpc) is 2.96. The number of hydrogen-bond donors (Lipinski definition) is 0. The summed E-state index contributed by atoms with van der Waals surface area (Å²) in [6.07, 6.45) is 11.0. The van der Waals surface area contributed by atoms with Crippen molar-refractivity contribution in [3.05, 3.63) is 128 Å². The number of halogens is 4. The van der Waals surface area contributed by atoms with E-state index in [2.05, 4.69) is 12.1 Å². The molecule has 6 rings (SSSR count). The molecule has 2 aliphatic carbocycles. The molecule has 4 aromatic rings. The minimum absolute atomic E-state index is 0.157. The summed E-state index contributed by atoms with van der Waals surface area (Å²) in [7, 11) is 0. The molecule has 2 fully saturated rings. The number of benzene rings is 2. The van der Waals surface area contributed by atoms with Gasteiger partial charge in [-0.2, -0.15) is 0 Å². The molecule has 0 aliphatic heterocycles. The quantitative estimate of drug-likeness (QED) is 0.174. The van der Waals surface area contributed by atoms with Gasteiger partial charge in [-0.1, -0.05) is 83.5 Å². The maximum atomic E-state index is 15.0. The van der Waals surface area contributed by atoms with Gasteiger partial charge < -0.3 is 0 Å². The van der Waals surface area contributed by atoms with Crippen LogP contribution in [0, 0.1) is 0 Å². The van der Waals surface area contributed by atoms with E-state index >= 15 is 4.79 Å². The number of pyridine rings is 2. The Labute approximate surface area is 267 Å². The first kappa shape index (κ1) is 29.6. The van der Waals surface area contributed by atoms with Crippen LogP contribution in [0.1, 0.15) is 85.7 Å². The van der Waals surface area contributed by atoms with Crippen molar-refractivity contribution < 1.29 is 4.79 Å². The van der Waals surface area contributed by atoms with Gasteiger partial charge in [0.2, 0.25) is 0 Å². The molecular weight excluding hydrogens is 606 g/mol. The molecule has 0 spiro atoms. The highest BCUT2D eigenvalue weighted by Crippen LogP contribution is 2.54. The van der Waals surface area contributed by atoms with Crippen LogP contribution in [0.5, 0.6) is 0 Å². The maximum Gasteiger partial charge on any atom is 0.150 e. The van der Waals surface area contributed by atoms with Crippen LogP contribution in [0.4, 0.5) is 0 Å². The van der Waals surface area contributed by atoms with Crippen LogP contribution in [0.25, 0.3) is 0 Å². The highest BCUT2D eigenvalue weighted by atomic mass is 35.5. The molecule has 3 nitrogen and oxygen atoms in total. The monoisotopic (exact) mass is 636 g/mol. The first-order valence-corrected chi connectivity index (χ1v) is 16.1. The second kappa shape index (κ2) is 12.3. The van der Waals surface area contributed by atoms with Crippen LogP contribution in [-0.2, 0) is 15.6 Å². The van der Waals surface area contributed by atoms with E-state index in [0.717, 1.165) is 61.0 Å². The van der Waals surface area contributed by atoms with Gasteiger partial charge in [-0.05, 0) is 109 Å². The summed E-state index contributed by atoms with van der Waals surface area (Å²) in [4.78, 5) is 24.5. The van der Waals surface area contributed by atoms with Crippen LogP contribution >= 0.6 is 46.4 Å². The van der Waals surface area contributed by atoms with E-state index in [9.17, 15) is 0 Å². The van der Waals surface area contributed by atoms with Crippen LogP contribution in [0.15, 0.2) is 85.2 Å². The number of Topliss-reactive ketones (excluding diaryl/α,β-unsaturated/α-hetero) is 1. The molecule has 2 unspecified atom stereocenters. The van der Waals surface area contributed by atoms with Gasteiger partial charge in [-0.3, -0.25) is 14.8 Å². The number of carbonyl (C=O) groups is 1. The third kappa shape index (κ3) is 5.74. The fourth-order valence-corrected chi connectivity index (χ4v) is 7.57. The Bertz CT molecular complexity index is 1450. The van der Waals surface area contributed by atoms with E-state index in [1.165, 1.54) is 0 Å².